The number of hydrogen-bond donors (Lipinski definition) is 0. The molecule has 1 heterocycles. The van der Waals surface area contributed by atoms with Gasteiger partial charge in [0.15, 0.2) is 11.5 Å². The number of ether oxygens (including phenoxy) is 3. The number of para-hydroxylation sites is 1. The van der Waals surface area contributed by atoms with E-state index in [1.54, 1.807) is 32.4 Å². The molecule has 0 aromatic heterocycles. The lowest BCUT2D eigenvalue weighted by atomic mass is 10.1. The van der Waals surface area contributed by atoms with Crippen molar-refractivity contribution < 1.29 is 19.0 Å². The average molecular weight is 341 g/mol. The van der Waals surface area contributed by atoms with Crippen LogP contribution < -0.4 is 9.47 Å². The van der Waals surface area contributed by atoms with Crippen LogP contribution in [-0.4, -0.2) is 44.2 Å². The molecule has 1 aliphatic heterocycles. The molecular weight excluding hydrogens is 318 g/mol. The quantitative estimate of drug-likeness (QED) is 0.856. The van der Waals surface area contributed by atoms with Crippen LogP contribution in [-0.2, 0) is 4.74 Å². The number of morpholine rings is 1. The van der Waals surface area contributed by atoms with Crippen molar-refractivity contribution in [2.45, 2.75) is 19.1 Å². The van der Waals surface area contributed by atoms with Gasteiger partial charge in [-0.2, -0.15) is 0 Å². The zero-order valence-electron chi connectivity index (χ0n) is 14.8. The summed E-state index contributed by atoms with van der Waals surface area (Å²) in [6.07, 6.45) is -0.176. The number of nitrogens with zero attached hydrogens (tertiary/aromatic N) is 1. The predicted molar refractivity (Wildman–Crippen MR) is 95.2 cm³/mol. The van der Waals surface area contributed by atoms with Crippen LogP contribution in [0.2, 0.25) is 0 Å². The Morgan fingerprint density at radius 2 is 1.80 bits per heavy atom. The third kappa shape index (κ3) is 3.61. The van der Waals surface area contributed by atoms with Gasteiger partial charge in [0.05, 0.1) is 32.4 Å². The van der Waals surface area contributed by atoms with Crippen LogP contribution in [0.1, 0.15) is 28.9 Å². The number of rotatable bonds is 4. The van der Waals surface area contributed by atoms with E-state index in [4.69, 9.17) is 14.2 Å². The molecular formula is C20H23NO4. The number of carbonyl (C=O) groups excluding carboxylic acids is 1. The summed E-state index contributed by atoms with van der Waals surface area (Å²) in [6.45, 7) is 3.04. The Kier molecular flexibility index (Phi) is 5.24. The van der Waals surface area contributed by atoms with E-state index >= 15 is 0 Å². The van der Waals surface area contributed by atoms with Crippen LogP contribution in [0.15, 0.2) is 48.5 Å². The Bertz CT molecular complexity index is 732. The molecule has 0 bridgehead atoms. The van der Waals surface area contributed by atoms with Gasteiger partial charge in [-0.1, -0.05) is 36.4 Å². The van der Waals surface area contributed by atoms with Crippen molar-refractivity contribution in [1.29, 1.82) is 0 Å². The van der Waals surface area contributed by atoms with Gasteiger partial charge >= 0.3 is 0 Å². The highest BCUT2D eigenvalue weighted by Gasteiger charge is 2.31. The van der Waals surface area contributed by atoms with Gasteiger partial charge in [0.25, 0.3) is 5.91 Å². The number of hydrogen-bond acceptors (Lipinski definition) is 4. The summed E-state index contributed by atoms with van der Waals surface area (Å²) in [6, 6.07) is 15.3. The normalized spacial score (nSPS) is 20.2. The second-order valence-electron chi connectivity index (χ2n) is 6.10. The van der Waals surface area contributed by atoms with E-state index in [1.807, 2.05) is 42.2 Å². The van der Waals surface area contributed by atoms with Gasteiger partial charge in [-0.15, -0.1) is 0 Å². The van der Waals surface area contributed by atoms with Gasteiger partial charge < -0.3 is 19.1 Å². The first kappa shape index (κ1) is 17.3. The molecule has 1 fully saturated rings. The third-order valence-electron chi connectivity index (χ3n) is 4.35. The molecule has 0 spiro atoms. The van der Waals surface area contributed by atoms with E-state index in [1.165, 1.54) is 0 Å². The van der Waals surface area contributed by atoms with E-state index in [2.05, 4.69) is 0 Å². The highest BCUT2D eigenvalue weighted by molar-refractivity contribution is 5.98. The monoisotopic (exact) mass is 341 g/mol. The van der Waals surface area contributed by atoms with Gasteiger partial charge in [0.1, 0.15) is 6.10 Å². The lowest BCUT2D eigenvalue weighted by Crippen LogP contribution is -2.46. The SMILES string of the molecule is COc1cccc(C(=O)N2C[C@@H](c3ccccc3)O[C@@H](C)C2)c1OC. The largest absolute Gasteiger partial charge is 0.493 e. The Labute approximate surface area is 148 Å². The van der Waals surface area contributed by atoms with Crippen molar-refractivity contribution in [3.63, 3.8) is 0 Å². The summed E-state index contributed by atoms with van der Waals surface area (Å²) < 4.78 is 16.8. The molecule has 0 N–H and O–H groups in total. The topological polar surface area (TPSA) is 48.0 Å². The molecule has 25 heavy (non-hydrogen) atoms. The van der Waals surface area contributed by atoms with Crippen molar-refractivity contribution in [2.24, 2.45) is 0 Å². The molecule has 0 saturated carbocycles. The molecule has 1 amide bonds. The molecule has 0 radical (unpaired) electrons. The molecule has 2 atom stereocenters. The molecule has 2 aromatic rings. The maximum absolute atomic E-state index is 13.1. The number of benzene rings is 2. The van der Waals surface area contributed by atoms with Crippen LogP contribution in [0.3, 0.4) is 0 Å². The number of carbonyl (C=O) groups is 1. The zero-order valence-corrected chi connectivity index (χ0v) is 14.8. The Hall–Kier alpha value is -2.53. The lowest BCUT2D eigenvalue weighted by Gasteiger charge is -2.37. The Morgan fingerprint density at radius 3 is 2.48 bits per heavy atom. The van der Waals surface area contributed by atoms with Crippen molar-refractivity contribution in [2.75, 3.05) is 27.3 Å². The van der Waals surface area contributed by atoms with Crippen LogP contribution in [0, 0.1) is 0 Å². The highest BCUT2D eigenvalue weighted by Crippen LogP contribution is 2.33. The summed E-state index contributed by atoms with van der Waals surface area (Å²) in [4.78, 5) is 14.9. The summed E-state index contributed by atoms with van der Waals surface area (Å²) in [5.74, 6) is 0.937. The smallest absolute Gasteiger partial charge is 0.257 e. The second kappa shape index (κ2) is 7.57. The molecule has 1 saturated heterocycles. The first-order valence-corrected chi connectivity index (χ1v) is 8.34. The van der Waals surface area contributed by atoms with Crippen molar-refractivity contribution >= 4 is 5.91 Å². The van der Waals surface area contributed by atoms with E-state index in [-0.39, 0.29) is 18.1 Å². The van der Waals surface area contributed by atoms with Gasteiger partial charge in [-0.05, 0) is 24.6 Å². The standard InChI is InChI=1S/C20H23NO4/c1-14-12-21(13-18(25-14)15-8-5-4-6-9-15)20(22)16-10-7-11-17(23-2)19(16)24-3/h4-11,14,18H,12-13H2,1-3H3/t14-,18-/m0/s1. The van der Waals surface area contributed by atoms with E-state index in [0.717, 1.165) is 5.56 Å². The molecule has 132 valence electrons. The minimum absolute atomic E-state index is 0.0421. The van der Waals surface area contributed by atoms with E-state index in [9.17, 15) is 4.79 Å². The van der Waals surface area contributed by atoms with Crippen LogP contribution in [0.25, 0.3) is 0 Å². The zero-order chi connectivity index (χ0) is 17.8. The maximum Gasteiger partial charge on any atom is 0.257 e. The maximum atomic E-state index is 13.1. The molecule has 1 aliphatic rings. The van der Waals surface area contributed by atoms with Gasteiger partial charge in [-0.25, -0.2) is 0 Å². The Morgan fingerprint density at radius 1 is 1.04 bits per heavy atom. The molecule has 5 heteroatoms. The van der Waals surface area contributed by atoms with E-state index < -0.39 is 0 Å². The van der Waals surface area contributed by atoms with Crippen molar-refractivity contribution in [3.05, 3.63) is 59.7 Å². The molecule has 0 aliphatic carbocycles. The lowest BCUT2D eigenvalue weighted by molar-refractivity contribution is -0.0692. The third-order valence-corrected chi connectivity index (χ3v) is 4.35. The summed E-state index contributed by atoms with van der Waals surface area (Å²) in [5, 5.41) is 0. The number of methoxy groups -OCH3 is 2. The van der Waals surface area contributed by atoms with Crippen molar-refractivity contribution in [3.8, 4) is 11.5 Å². The fraction of sp³-hybridized carbons (Fsp3) is 0.350. The molecule has 3 rings (SSSR count). The average Bonchev–Trinajstić information content (AvgIpc) is 2.66. The minimum Gasteiger partial charge on any atom is -0.493 e. The first-order valence-electron chi connectivity index (χ1n) is 8.34. The first-order chi connectivity index (χ1) is 12.1. The summed E-state index contributed by atoms with van der Waals surface area (Å²) >= 11 is 0. The van der Waals surface area contributed by atoms with Crippen molar-refractivity contribution in [1.82, 2.24) is 4.90 Å². The van der Waals surface area contributed by atoms with Gasteiger partial charge in [-0.3, -0.25) is 4.79 Å². The highest BCUT2D eigenvalue weighted by atomic mass is 16.5. The fourth-order valence-electron chi connectivity index (χ4n) is 3.19. The summed E-state index contributed by atoms with van der Waals surface area (Å²) in [7, 11) is 3.11. The van der Waals surface area contributed by atoms with Gasteiger partial charge in [0, 0.05) is 6.54 Å². The van der Waals surface area contributed by atoms with Crippen LogP contribution in [0.4, 0.5) is 0 Å². The van der Waals surface area contributed by atoms with Crippen LogP contribution in [0.5, 0.6) is 11.5 Å². The minimum atomic E-state index is -0.134. The van der Waals surface area contributed by atoms with E-state index in [0.29, 0.717) is 30.2 Å². The van der Waals surface area contributed by atoms with Crippen LogP contribution >= 0.6 is 0 Å². The molecule has 0 unspecified atom stereocenters. The van der Waals surface area contributed by atoms with Gasteiger partial charge in [0.2, 0.25) is 0 Å². The Balaban J connectivity index is 1.87. The predicted octanol–water partition coefficient (Wildman–Crippen LogP) is 3.31. The summed E-state index contributed by atoms with van der Waals surface area (Å²) in [5.41, 5.74) is 1.58. The molecule has 5 nitrogen and oxygen atoms in total. The molecule has 2 aromatic carbocycles. The number of amides is 1. The fourth-order valence-corrected chi connectivity index (χ4v) is 3.19. The second-order valence-corrected chi connectivity index (χ2v) is 6.10.